The summed E-state index contributed by atoms with van der Waals surface area (Å²) in [5.74, 6) is 1.06. The first-order valence-corrected chi connectivity index (χ1v) is 10.0. The van der Waals surface area contributed by atoms with E-state index in [9.17, 15) is 14.4 Å². The number of carboxylic acids is 1. The molecule has 0 atom stereocenters. The summed E-state index contributed by atoms with van der Waals surface area (Å²) < 4.78 is 1.19. The van der Waals surface area contributed by atoms with Gasteiger partial charge in [-0.1, -0.05) is 5.21 Å². The number of aliphatic carboxylic acids is 1. The molecule has 1 heterocycles. The molecule has 2 amide bonds. The fourth-order valence-corrected chi connectivity index (χ4v) is 5.98. The Kier molecular flexibility index (Phi) is 5.07. The molecule has 4 saturated carbocycles. The van der Waals surface area contributed by atoms with E-state index in [0.29, 0.717) is 12.1 Å². The molecule has 0 spiro atoms. The fraction of sp³-hybridized carbons (Fsp3) is 0.737. The average Bonchev–Trinajstić information content (AvgIpc) is 3.03. The number of nitrogens with zero attached hydrogens (tertiary/aromatic N) is 3. The van der Waals surface area contributed by atoms with Crippen LogP contribution >= 0.6 is 0 Å². The summed E-state index contributed by atoms with van der Waals surface area (Å²) in [5, 5.41) is 21.6. The van der Waals surface area contributed by atoms with Gasteiger partial charge in [0, 0.05) is 6.42 Å². The predicted molar refractivity (Wildman–Crippen MR) is 97.7 cm³/mol. The number of carbonyl (C=O) groups is 3. The monoisotopic (exact) mass is 389 g/mol. The number of hydrogen-bond acceptors (Lipinski definition) is 5. The largest absolute Gasteiger partial charge is 0.480 e. The van der Waals surface area contributed by atoms with Gasteiger partial charge in [-0.25, -0.2) is 4.68 Å². The summed E-state index contributed by atoms with van der Waals surface area (Å²) >= 11 is 0. The van der Waals surface area contributed by atoms with Crippen LogP contribution in [0.15, 0.2) is 6.20 Å². The minimum Gasteiger partial charge on any atom is -0.480 e. The predicted octanol–water partition coefficient (Wildman–Crippen LogP) is 0.702. The van der Waals surface area contributed by atoms with Gasteiger partial charge >= 0.3 is 5.97 Å². The van der Waals surface area contributed by atoms with Gasteiger partial charge in [0.25, 0.3) is 0 Å². The zero-order valence-corrected chi connectivity index (χ0v) is 15.9. The summed E-state index contributed by atoms with van der Waals surface area (Å²) in [6.07, 6.45) is 9.56. The minimum atomic E-state index is -1.01. The van der Waals surface area contributed by atoms with Gasteiger partial charge in [-0.3, -0.25) is 14.4 Å². The first kappa shape index (κ1) is 18.9. The number of nitrogens with one attached hydrogen (secondary N) is 2. The lowest BCUT2D eigenvalue weighted by Gasteiger charge is -2.56. The van der Waals surface area contributed by atoms with E-state index in [-0.39, 0.29) is 36.9 Å². The molecule has 4 aliphatic rings. The van der Waals surface area contributed by atoms with Crippen LogP contribution in [0, 0.1) is 23.2 Å². The van der Waals surface area contributed by atoms with Gasteiger partial charge in [0.1, 0.15) is 12.2 Å². The standard InChI is InChI=1S/C19H27N5O4/c25-16(7-19-4-12-1-13(5-19)3-14(2-12)6-19)21-9-17(26)20-8-15-10-24(23-22-15)11-18(27)28/h10,12-14H,1-9,11H2,(H,20,26)(H,21,25)(H,27,28). The molecule has 0 radical (unpaired) electrons. The third-order valence-electron chi connectivity index (χ3n) is 6.50. The number of aromatic nitrogens is 3. The van der Waals surface area contributed by atoms with Crippen molar-refractivity contribution >= 4 is 17.8 Å². The highest BCUT2D eigenvalue weighted by atomic mass is 16.4. The lowest BCUT2D eigenvalue weighted by molar-refractivity contribution is -0.138. The smallest absolute Gasteiger partial charge is 0.325 e. The van der Waals surface area contributed by atoms with Gasteiger partial charge in [0.2, 0.25) is 11.8 Å². The number of hydrogen-bond donors (Lipinski definition) is 3. The van der Waals surface area contributed by atoms with E-state index in [1.165, 1.54) is 49.4 Å². The van der Waals surface area contributed by atoms with Gasteiger partial charge in [0.15, 0.2) is 0 Å². The lowest BCUT2D eigenvalue weighted by atomic mass is 9.49. The number of carboxylic acid groups (broad SMARTS) is 1. The molecule has 4 aliphatic carbocycles. The molecule has 9 nitrogen and oxygen atoms in total. The Bertz CT molecular complexity index is 739. The second kappa shape index (κ2) is 7.52. The van der Waals surface area contributed by atoms with E-state index in [2.05, 4.69) is 20.9 Å². The van der Waals surface area contributed by atoms with E-state index in [1.54, 1.807) is 0 Å². The SMILES string of the molecule is O=C(O)Cn1cc(CNC(=O)CNC(=O)CC23CC4CC(CC(C4)C2)C3)nn1. The highest BCUT2D eigenvalue weighted by Gasteiger charge is 2.51. The molecule has 4 fully saturated rings. The average molecular weight is 389 g/mol. The molecule has 1 aromatic rings. The van der Waals surface area contributed by atoms with Crippen molar-refractivity contribution in [2.24, 2.45) is 23.2 Å². The maximum atomic E-state index is 12.4. The Morgan fingerprint density at radius 2 is 1.71 bits per heavy atom. The first-order valence-electron chi connectivity index (χ1n) is 10.0. The molecule has 9 heteroatoms. The summed E-state index contributed by atoms with van der Waals surface area (Å²) in [6.45, 7) is -0.195. The third kappa shape index (κ3) is 4.34. The zero-order chi connectivity index (χ0) is 19.7. The van der Waals surface area contributed by atoms with Crippen LogP contribution in [0.2, 0.25) is 0 Å². The normalized spacial score (nSPS) is 30.2. The van der Waals surface area contributed by atoms with Crippen molar-refractivity contribution in [3.8, 4) is 0 Å². The number of amides is 2. The highest BCUT2D eigenvalue weighted by Crippen LogP contribution is 2.61. The summed E-state index contributed by atoms with van der Waals surface area (Å²) in [5.41, 5.74) is 0.632. The summed E-state index contributed by atoms with van der Waals surface area (Å²) in [7, 11) is 0. The molecule has 5 rings (SSSR count). The molecule has 1 aromatic heterocycles. The Hall–Kier alpha value is -2.45. The minimum absolute atomic E-state index is 0.0375. The van der Waals surface area contributed by atoms with Crippen molar-refractivity contribution in [2.45, 2.75) is 58.0 Å². The molecular formula is C19H27N5O4. The van der Waals surface area contributed by atoms with Crippen LogP contribution < -0.4 is 10.6 Å². The van der Waals surface area contributed by atoms with Crippen LogP contribution in [0.3, 0.4) is 0 Å². The van der Waals surface area contributed by atoms with Crippen molar-refractivity contribution in [2.75, 3.05) is 6.54 Å². The first-order chi connectivity index (χ1) is 13.4. The van der Waals surface area contributed by atoms with Crippen LogP contribution in [-0.2, 0) is 27.5 Å². The van der Waals surface area contributed by atoms with E-state index >= 15 is 0 Å². The van der Waals surface area contributed by atoms with Crippen LogP contribution in [-0.4, -0.2) is 44.4 Å². The van der Waals surface area contributed by atoms with Gasteiger partial charge in [-0.15, -0.1) is 5.10 Å². The Labute approximate surface area is 163 Å². The number of carbonyl (C=O) groups excluding carboxylic acids is 2. The van der Waals surface area contributed by atoms with E-state index in [4.69, 9.17) is 5.11 Å². The van der Waals surface area contributed by atoms with Gasteiger partial charge in [-0.05, 0) is 61.7 Å². The molecule has 4 bridgehead atoms. The van der Waals surface area contributed by atoms with E-state index in [0.717, 1.165) is 17.8 Å². The Morgan fingerprint density at radius 3 is 2.32 bits per heavy atom. The van der Waals surface area contributed by atoms with Gasteiger partial charge in [-0.2, -0.15) is 0 Å². The van der Waals surface area contributed by atoms with Gasteiger partial charge in [0.05, 0.1) is 19.3 Å². The molecule has 0 unspecified atom stereocenters. The molecule has 0 aliphatic heterocycles. The molecular weight excluding hydrogens is 362 g/mol. The summed E-state index contributed by atoms with van der Waals surface area (Å²) in [6, 6.07) is 0. The molecule has 0 aromatic carbocycles. The van der Waals surface area contributed by atoms with Crippen molar-refractivity contribution in [1.82, 2.24) is 25.6 Å². The van der Waals surface area contributed by atoms with Crippen molar-refractivity contribution in [1.29, 1.82) is 0 Å². The third-order valence-corrected chi connectivity index (χ3v) is 6.50. The molecule has 152 valence electrons. The molecule has 3 N–H and O–H groups in total. The van der Waals surface area contributed by atoms with E-state index < -0.39 is 5.97 Å². The van der Waals surface area contributed by atoms with Crippen LogP contribution in [0.4, 0.5) is 0 Å². The van der Waals surface area contributed by atoms with Crippen LogP contribution in [0.1, 0.15) is 50.6 Å². The quantitative estimate of drug-likeness (QED) is 0.601. The van der Waals surface area contributed by atoms with Crippen molar-refractivity contribution in [3.63, 3.8) is 0 Å². The summed E-state index contributed by atoms with van der Waals surface area (Å²) in [4.78, 5) is 35.1. The second-order valence-corrected chi connectivity index (χ2v) is 8.95. The Morgan fingerprint density at radius 1 is 1.07 bits per heavy atom. The maximum absolute atomic E-state index is 12.4. The topological polar surface area (TPSA) is 126 Å². The van der Waals surface area contributed by atoms with Crippen LogP contribution in [0.5, 0.6) is 0 Å². The maximum Gasteiger partial charge on any atom is 0.325 e. The molecule has 0 saturated heterocycles. The van der Waals surface area contributed by atoms with Crippen molar-refractivity contribution < 1.29 is 19.5 Å². The second-order valence-electron chi connectivity index (χ2n) is 8.95. The van der Waals surface area contributed by atoms with Crippen LogP contribution in [0.25, 0.3) is 0 Å². The fourth-order valence-electron chi connectivity index (χ4n) is 5.98. The highest BCUT2D eigenvalue weighted by molar-refractivity contribution is 5.84. The lowest BCUT2D eigenvalue weighted by Crippen LogP contribution is -2.48. The zero-order valence-electron chi connectivity index (χ0n) is 15.9. The number of rotatable bonds is 8. The molecule has 28 heavy (non-hydrogen) atoms. The Balaban J connectivity index is 1.19. The van der Waals surface area contributed by atoms with Crippen molar-refractivity contribution in [3.05, 3.63) is 11.9 Å². The van der Waals surface area contributed by atoms with E-state index in [1.807, 2.05) is 0 Å². The van der Waals surface area contributed by atoms with Gasteiger partial charge < -0.3 is 15.7 Å².